The summed E-state index contributed by atoms with van der Waals surface area (Å²) in [5, 5.41) is 0. The molecule has 0 aliphatic heterocycles. The van der Waals surface area contributed by atoms with Gasteiger partial charge in [0.15, 0.2) is 0 Å². The molecule has 0 aromatic rings. The monoisotopic (exact) mass is 906 g/mol. The summed E-state index contributed by atoms with van der Waals surface area (Å²) in [7, 11) is 0. The molecule has 0 saturated carbocycles. The minimum absolute atomic E-state index is 0.0273. The molecular formula is C35H73O8P3S6. The topological polar surface area (TPSA) is 81.7 Å². The van der Waals surface area contributed by atoms with Crippen molar-refractivity contribution in [2.24, 2.45) is 23.7 Å². The van der Waals surface area contributed by atoms with E-state index in [4.69, 9.17) is 67.3 Å². The van der Waals surface area contributed by atoms with Crippen molar-refractivity contribution in [3.63, 3.8) is 0 Å². The Balaban J connectivity index is 5.99. The standard InChI is InChI=1S/C35H73O8P3S6/c1-16-37-35(36)17-18-50-44(47,42-33(14)23-51-45(48,38-29(10)19-25(2)3)39-30(11)20-26(4)5)43-34(15)24-52-46(49,40-31(12)21-27(6)7)41-32(13)22-28(8)9/h25-34H,16-24H2,1-15H3. The van der Waals surface area contributed by atoms with Crippen molar-refractivity contribution in [2.45, 2.75) is 173 Å². The van der Waals surface area contributed by atoms with Gasteiger partial charge in [-0.3, -0.25) is 4.79 Å². The number of carbonyl (C=O) groups is 1. The van der Waals surface area contributed by atoms with Crippen molar-refractivity contribution in [3.05, 3.63) is 0 Å². The highest BCUT2D eigenvalue weighted by Gasteiger charge is 2.33. The van der Waals surface area contributed by atoms with Gasteiger partial charge in [-0.2, -0.15) is 0 Å². The molecule has 0 bridgehead atoms. The minimum Gasteiger partial charge on any atom is -0.466 e. The molecule has 0 saturated heterocycles. The number of rotatable bonds is 31. The van der Waals surface area contributed by atoms with Gasteiger partial charge in [0.1, 0.15) is 0 Å². The average Bonchev–Trinajstić information content (AvgIpc) is 2.93. The van der Waals surface area contributed by atoms with E-state index >= 15 is 0 Å². The minimum atomic E-state index is -2.95. The molecule has 0 fully saturated rings. The van der Waals surface area contributed by atoms with Crippen molar-refractivity contribution in [2.75, 3.05) is 23.9 Å². The summed E-state index contributed by atoms with van der Waals surface area (Å²) < 4.78 is 44.3. The number of hydrogen-bond acceptors (Lipinski definition) is 14. The first kappa shape index (κ1) is 54.2. The van der Waals surface area contributed by atoms with Crippen LogP contribution in [0.15, 0.2) is 0 Å². The van der Waals surface area contributed by atoms with Crippen LogP contribution in [0.25, 0.3) is 0 Å². The van der Waals surface area contributed by atoms with Crippen LogP contribution in [0.3, 0.4) is 0 Å². The Morgan fingerprint density at radius 2 is 0.750 bits per heavy atom. The fraction of sp³-hybridized carbons (Fsp3) is 0.971. The van der Waals surface area contributed by atoms with Crippen molar-refractivity contribution in [1.29, 1.82) is 0 Å². The van der Waals surface area contributed by atoms with E-state index in [1.807, 2.05) is 13.8 Å². The van der Waals surface area contributed by atoms with Gasteiger partial charge in [0, 0.05) is 17.3 Å². The molecule has 0 spiro atoms. The summed E-state index contributed by atoms with van der Waals surface area (Å²) in [5.41, 5.74) is -8.35. The maximum atomic E-state index is 12.2. The van der Waals surface area contributed by atoms with Gasteiger partial charge in [0.25, 0.3) is 0 Å². The van der Waals surface area contributed by atoms with E-state index in [-0.39, 0.29) is 49.0 Å². The highest BCUT2D eigenvalue weighted by molar-refractivity contribution is 8.68. The Bertz CT molecular complexity index is 1020. The van der Waals surface area contributed by atoms with E-state index < -0.39 is 17.1 Å². The third kappa shape index (κ3) is 27.8. The molecule has 0 aliphatic rings. The second-order valence-corrected chi connectivity index (χ2v) is 34.2. The Kier molecular flexibility index (Phi) is 29.0. The third-order valence-electron chi connectivity index (χ3n) is 6.86. The van der Waals surface area contributed by atoms with E-state index in [2.05, 4.69) is 83.1 Å². The molecule has 0 aromatic carbocycles. The molecule has 17 heteroatoms. The fourth-order valence-electron chi connectivity index (χ4n) is 5.33. The van der Waals surface area contributed by atoms with E-state index in [0.29, 0.717) is 47.5 Å². The molecule has 0 heterocycles. The summed E-state index contributed by atoms with van der Waals surface area (Å²) in [6.45, 7) is 31.8. The summed E-state index contributed by atoms with van der Waals surface area (Å²) in [6.07, 6.45) is 3.06. The highest BCUT2D eigenvalue weighted by atomic mass is 32.9. The molecule has 0 N–H and O–H groups in total. The normalized spacial score (nSPS) is 19.5. The van der Waals surface area contributed by atoms with Crippen molar-refractivity contribution >= 4 is 92.6 Å². The molecular weight excluding hydrogens is 834 g/mol. The zero-order valence-electron chi connectivity index (χ0n) is 34.7. The Hall–Kier alpha value is 2.23. The Morgan fingerprint density at radius 3 is 1.02 bits per heavy atom. The van der Waals surface area contributed by atoms with Crippen molar-refractivity contribution in [3.8, 4) is 0 Å². The lowest BCUT2D eigenvalue weighted by atomic mass is 10.1. The number of hydrogen-bond donors (Lipinski definition) is 0. The SMILES string of the molecule is CCOC(=O)CCSP(=S)(OC(C)CSP(=S)(OC(C)CC(C)C)OC(C)CC(C)C)OC(C)CSP(=S)(OC(C)CC(C)C)OC(C)CC(C)C. The van der Waals surface area contributed by atoms with Crippen LogP contribution in [0.5, 0.6) is 0 Å². The van der Waals surface area contributed by atoms with Gasteiger partial charge in [-0.1, -0.05) is 89.5 Å². The van der Waals surface area contributed by atoms with Crippen LogP contribution in [0.2, 0.25) is 0 Å². The predicted octanol–water partition coefficient (Wildman–Crippen LogP) is 13.4. The molecule has 52 heavy (non-hydrogen) atoms. The van der Waals surface area contributed by atoms with E-state index in [0.717, 1.165) is 25.7 Å². The van der Waals surface area contributed by atoms with Crippen LogP contribution >= 0.6 is 51.2 Å². The third-order valence-corrected chi connectivity index (χ3v) is 23.4. The smallest absolute Gasteiger partial charge is 0.306 e. The lowest BCUT2D eigenvalue weighted by Crippen LogP contribution is -2.18. The predicted molar refractivity (Wildman–Crippen MR) is 243 cm³/mol. The summed E-state index contributed by atoms with van der Waals surface area (Å²) >= 11 is 22.8. The average molecular weight is 907 g/mol. The molecule has 0 amide bonds. The highest BCUT2D eigenvalue weighted by Crippen LogP contribution is 2.67. The number of ether oxygens (including phenoxy) is 1. The molecule has 6 unspecified atom stereocenters. The largest absolute Gasteiger partial charge is 0.466 e. The first-order valence-electron chi connectivity index (χ1n) is 18.9. The van der Waals surface area contributed by atoms with Crippen LogP contribution in [0.4, 0.5) is 0 Å². The van der Waals surface area contributed by atoms with Gasteiger partial charge in [-0.05, 0) is 133 Å². The zero-order valence-corrected chi connectivity index (χ0v) is 42.3. The molecule has 0 aliphatic carbocycles. The second kappa shape index (κ2) is 27.8. The molecule has 0 radical (unpaired) electrons. The molecule has 0 aromatic heterocycles. The lowest BCUT2D eigenvalue weighted by Gasteiger charge is -2.32. The van der Waals surface area contributed by atoms with Gasteiger partial charge in [0.2, 0.25) is 17.1 Å². The van der Waals surface area contributed by atoms with Gasteiger partial charge < -0.3 is 31.9 Å². The van der Waals surface area contributed by atoms with Crippen molar-refractivity contribution < 1.29 is 36.7 Å². The number of carbonyl (C=O) groups excluding carboxylic acids is 1. The lowest BCUT2D eigenvalue weighted by molar-refractivity contribution is -0.142. The van der Waals surface area contributed by atoms with Crippen LogP contribution in [0.1, 0.15) is 136 Å². The van der Waals surface area contributed by atoms with E-state index in [1.54, 1.807) is 6.92 Å². The maximum Gasteiger partial charge on any atom is 0.306 e. The van der Waals surface area contributed by atoms with E-state index in [9.17, 15) is 4.79 Å². The van der Waals surface area contributed by atoms with Crippen molar-refractivity contribution in [1.82, 2.24) is 0 Å². The van der Waals surface area contributed by atoms with Crippen LogP contribution in [0, 0.1) is 23.7 Å². The first-order valence-corrected chi connectivity index (χ1v) is 31.6. The van der Waals surface area contributed by atoms with Crippen LogP contribution < -0.4 is 0 Å². The fourth-order valence-corrected chi connectivity index (χ4v) is 22.0. The Morgan fingerprint density at radius 1 is 0.481 bits per heavy atom. The quantitative estimate of drug-likeness (QED) is 0.0489. The van der Waals surface area contributed by atoms with Gasteiger partial charge in [-0.15, -0.1) is 0 Å². The summed E-state index contributed by atoms with van der Waals surface area (Å²) in [5.74, 6) is 3.10. The molecule has 6 atom stereocenters. The number of esters is 1. The summed E-state index contributed by atoms with van der Waals surface area (Å²) in [4.78, 5) is 12.2. The summed E-state index contributed by atoms with van der Waals surface area (Å²) in [6, 6.07) is 0. The first-order chi connectivity index (χ1) is 23.9. The van der Waals surface area contributed by atoms with Gasteiger partial charge >= 0.3 is 5.97 Å². The Labute approximate surface area is 347 Å². The van der Waals surface area contributed by atoms with Gasteiger partial charge in [-0.25, -0.2) is 0 Å². The molecule has 0 rings (SSSR count). The van der Waals surface area contributed by atoms with E-state index in [1.165, 1.54) is 34.1 Å². The molecule has 312 valence electrons. The van der Waals surface area contributed by atoms with Crippen LogP contribution in [-0.4, -0.2) is 66.5 Å². The molecule has 8 nitrogen and oxygen atoms in total. The van der Waals surface area contributed by atoms with Crippen LogP contribution in [-0.2, 0) is 72.1 Å². The maximum absolute atomic E-state index is 12.2. The second-order valence-electron chi connectivity index (χ2n) is 15.3. The zero-order chi connectivity index (χ0) is 40.3. The van der Waals surface area contributed by atoms with Gasteiger partial charge in [0.05, 0.1) is 49.7 Å².